The average molecular weight is 270 g/mol. The number of carboxylic acids is 1. The lowest BCUT2D eigenvalue weighted by molar-refractivity contribution is 0.0687. The van der Waals surface area contributed by atoms with Gasteiger partial charge in [-0.05, 0) is 34.1 Å². The molecule has 2 N–H and O–H groups in total. The van der Waals surface area contributed by atoms with Crippen LogP contribution in [0.15, 0.2) is 22.7 Å². The molecular weight excluding hydrogens is 262 g/mol. The number of aromatic hydroxyl groups is 1. The molecule has 0 saturated heterocycles. The molecule has 0 bridgehead atoms. The number of hydrogen-bond donors (Lipinski definition) is 2. The van der Waals surface area contributed by atoms with E-state index in [9.17, 15) is 9.90 Å². The van der Waals surface area contributed by atoms with Crippen molar-refractivity contribution in [2.75, 3.05) is 0 Å². The Kier molecular flexibility index (Phi) is 2.19. The second kappa shape index (κ2) is 3.27. The minimum Gasteiger partial charge on any atom is -0.507 e. The van der Waals surface area contributed by atoms with Gasteiger partial charge in [-0.2, -0.15) is 0 Å². The molecule has 1 aromatic carbocycles. The summed E-state index contributed by atoms with van der Waals surface area (Å²) in [5, 5.41) is 19.1. The Hall–Kier alpha value is -1.49. The molecule has 0 unspecified atom stereocenters. The van der Waals surface area contributed by atoms with Crippen LogP contribution in [0.3, 0.4) is 0 Å². The molecule has 0 aliphatic heterocycles. The molecule has 78 valence electrons. The number of phenols is 1. The van der Waals surface area contributed by atoms with Crippen LogP contribution < -0.4 is 0 Å². The zero-order chi connectivity index (χ0) is 11.2. The van der Waals surface area contributed by atoms with Crippen LogP contribution in [0.25, 0.3) is 10.9 Å². The zero-order valence-electron chi connectivity index (χ0n) is 7.86. The fraction of sp³-hybridized carbons (Fsp3) is 0.100. The molecule has 2 aromatic rings. The number of phenolic OH excluding ortho intramolecular Hbond substituents is 1. The maximum atomic E-state index is 10.9. The zero-order valence-corrected chi connectivity index (χ0v) is 9.45. The van der Waals surface area contributed by atoms with Crippen LogP contribution in [0, 0.1) is 0 Å². The third-order valence-electron chi connectivity index (χ3n) is 2.36. The third-order valence-corrected chi connectivity index (χ3v) is 3.19. The molecule has 0 radical (unpaired) electrons. The van der Waals surface area contributed by atoms with Crippen molar-refractivity contribution in [1.29, 1.82) is 0 Å². The minimum atomic E-state index is -0.986. The molecule has 2 rings (SSSR count). The smallest absolute Gasteiger partial charge is 0.352 e. The number of halogens is 1. The van der Waals surface area contributed by atoms with Gasteiger partial charge in [-0.3, -0.25) is 0 Å². The number of hydrogen-bond acceptors (Lipinski definition) is 2. The van der Waals surface area contributed by atoms with E-state index in [0.29, 0.717) is 9.86 Å². The van der Waals surface area contributed by atoms with Crippen molar-refractivity contribution in [2.45, 2.75) is 0 Å². The molecule has 0 aliphatic carbocycles. The lowest BCUT2D eigenvalue weighted by atomic mass is 10.2. The normalized spacial score (nSPS) is 10.8. The van der Waals surface area contributed by atoms with E-state index < -0.39 is 5.97 Å². The van der Waals surface area contributed by atoms with Crippen molar-refractivity contribution >= 4 is 32.8 Å². The third kappa shape index (κ3) is 1.39. The Morgan fingerprint density at radius 1 is 1.47 bits per heavy atom. The van der Waals surface area contributed by atoms with Gasteiger partial charge in [0.2, 0.25) is 0 Å². The van der Waals surface area contributed by atoms with E-state index in [4.69, 9.17) is 5.11 Å². The molecule has 1 aromatic heterocycles. The molecule has 0 amide bonds. The van der Waals surface area contributed by atoms with Gasteiger partial charge in [-0.15, -0.1) is 0 Å². The average Bonchev–Trinajstić information content (AvgIpc) is 2.51. The van der Waals surface area contributed by atoms with Crippen molar-refractivity contribution in [3.8, 4) is 5.75 Å². The number of rotatable bonds is 1. The van der Waals surface area contributed by atoms with E-state index in [1.165, 1.54) is 12.1 Å². The van der Waals surface area contributed by atoms with Gasteiger partial charge in [0.05, 0.1) is 4.47 Å². The van der Waals surface area contributed by atoms with Crippen LogP contribution in [0.1, 0.15) is 10.5 Å². The quantitative estimate of drug-likeness (QED) is 0.836. The minimum absolute atomic E-state index is 0.102. The van der Waals surface area contributed by atoms with Gasteiger partial charge >= 0.3 is 5.97 Å². The van der Waals surface area contributed by atoms with E-state index in [0.717, 1.165) is 5.52 Å². The summed E-state index contributed by atoms with van der Waals surface area (Å²) < 4.78 is 2.09. The monoisotopic (exact) mass is 269 g/mol. The Balaban J connectivity index is 2.88. The maximum Gasteiger partial charge on any atom is 0.352 e. The first-order valence-corrected chi connectivity index (χ1v) is 5.02. The number of aryl methyl sites for hydroxylation is 1. The summed E-state index contributed by atoms with van der Waals surface area (Å²) in [5.74, 6) is -0.884. The fourth-order valence-electron chi connectivity index (χ4n) is 1.57. The van der Waals surface area contributed by atoms with E-state index in [1.807, 2.05) is 0 Å². The number of carbonyl (C=O) groups is 1. The van der Waals surface area contributed by atoms with E-state index >= 15 is 0 Å². The van der Waals surface area contributed by atoms with Crippen LogP contribution in [-0.4, -0.2) is 20.7 Å². The van der Waals surface area contributed by atoms with Gasteiger partial charge < -0.3 is 14.8 Å². The predicted molar refractivity (Wildman–Crippen MR) is 59.2 cm³/mol. The van der Waals surface area contributed by atoms with Crippen LogP contribution in [0.5, 0.6) is 5.75 Å². The lowest BCUT2D eigenvalue weighted by Gasteiger charge is -2.00. The van der Waals surface area contributed by atoms with Gasteiger partial charge in [0.25, 0.3) is 0 Å². The topological polar surface area (TPSA) is 62.5 Å². The number of carboxylic acid groups (broad SMARTS) is 1. The molecule has 0 atom stereocenters. The van der Waals surface area contributed by atoms with Crippen LogP contribution >= 0.6 is 15.9 Å². The predicted octanol–water partition coefficient (Wildman–Crippen LogP) is 2.34. The maximum absolute atomic E-state index is 10.9. The number of benzene rings is 1. The molecule has 0 aliphatic rings. The molecule has 5 heteroatoms. The first-order valence-electron chi connectivity index (χ1n) is 4.22. The molecular formula is C10H8BrNO3. The standard InChI is InChI=1S/C10H8BrNO3/c1-12-6-2-3-8(13)9(11)5(6)4-7(12)10(14)15/h2-4,13H,1H3,(H,14,15). The first kappa shape index (κ1) is 10.0. The number of aromatic nitrogens is 1. The Morgan fingerprint density at radius 2 is 2.13 bits per heavy atom. The van der Waals surface area contributed by atoms with Crippen LogP contribution in [0.4, 0.5) is 0 Å². The fourth-order valence-corrected chi connectivity index (χ4v) is 2.02. The SMILES string of the molecule is Cn1c(C(=O)O)cc2c(Br)c(O)ccc21. The van der Waals surface area contributed by atoms with Gasteiger partial charge in [-0.25, -0.2) is 4.79 Å². The van der Waals surface area contributed by atoms with Gasteiger partial charge in [0, 0.05) is 18.0 Å². The van der Waals surface area contributed by atoms with Crippen LogP contribution in [0.2, 0.25) is 0 Å². The second-order valence-corrected chi connectivity index (χ2v) is 4.02. The van der Waals surface area contributed by atoms with Crippen molar-refractivity contribution in [1.82, 2.24) is 4.57 Å². The van der Waals surface area contributed by atoms with E-state index in [1.54, 1.807) is 17.7 Å². The van der Waals surface area contributed by atoms with Crippen molar-refractivity contribution in [2.24, 2.45) is 7.05 Å². The number of nitrogens with zero attached hydrogens (tertiary/aromatic N) is 1. The highest BCUT2D eigenvalue weighted by atomic mass is 79.9. The molecule has 15 heavy (non-hydrogen) atoms. The highest BCUT2D eigenvalue weighted by Crippen LogP contribution is 2.33. The highest BCUT2D eigenvalue weighted by molar-refractivity contribution is 9.10. The molecule has 4 nitrogen and oxygen atoms in total. The molecule has 0 fully saturated rings. The first-order chi connectivity index (χ1) is 7.02. The molecule has 0 spiro atoms. The Labute approximate surface area is 93.9 Å². The van der Waals surface area contributed by atoms with Gasteiger partial charge in [0.1, 0.15) is 11.4 Å². The molecule has 1 heterocycles. The number of aromatic carboxylic acids is 1. The Bertz CT molecular complexity index is 559. The summed E-state index contributed by atoms with van der Waals surface area (Å²) in [6.45, 7) is 0. The summed E-state index contributed by atoms with van der Waals surface area (Å²) in [6, 6.07) is 4.74. The van der Waals surface area contributed by atoms with Crippen molar-refractivity contribution in [3.05, 3.63) is 28.4 Å². The van der Waals surface area contributed by atoms with E-state index in [2.05, 4.69) is 15.9 Å². The summed E-state index contributed by atoms with van der Waals surface area (Å²) in [5.41, 5.74) is 0.952. The number of fused-ring (bicyclic) bond motifs is 1. The van der Waals surface area contributed by atoms with Crippen molar-refractivity contribution in [3.63, 3.8) is 0 Å². The Morgan fingerprint density at radius 3 is 2.73 bits per heavy atom. The summed E-state index contributed by atoms with van der Waals surface area (Å²) >= 11 is 3.22. The van der Waals surface area contributed by atoms with Gasteiger partial charge in [-0.1, -0.05) is 0 Å². The van der Waals surface area contributed by atoms with Gasteiger partial charge in [0.15, 0.2) is 0 Å². The largest absolute Gasteiger partial charge is 0.507 e. The second-order valence-electron chi connectivity index (χ2n) is 3.23. The summed E-state index contributed by atoms with van der Waals surface area (Å²) in [6.07, 6.45) is 0. The molecule has 0 saturated carbocycles. The van der Waals surface area contributed by atoms with Crippen LogP contribution in [-0.2, 0) is 7.05 Å². The summed E-state index contributed by atoms with van der Waals surface area (Å²) in [4.78, 5) is 10.9. The highest BCUT2D eigenvalue weighted by Gasteiger charge is 2.14. The van der Waals surface area contributed by atoms with E-state index in [-0.39, 0.29) is 11.4 Å². The van der Waals surface area contributed by atoms with Crippen molar-refractivity contribution < 1.29 is 15.0 Å². The summed E-state index contributed by atoms with van der Waals surface area (Å²) in [7, 11) is 1.68. The lowest BCUT2D eigenvalue weighted by Crippen LogP contribution is -2.03.